The molecule has 0 bridgehead atoms. The number of fused-ring (bicyclic) bond motifs is 7. The number of allylic oxidation sites excluding steroid dienone is 4. The van der Waals surface area contributed by atoms with Crippen LogP contribution in [0.15, 0.2) is 23.8 Å². The Hall–Kier alpha value is -1.71. The van der Waals surface area contributed by atoms with Crippen molar-refractivity contribution < 1.29 is 19.5 Å². The summed E-state index contributed by atoms with van der Waals surface area (Å²) in [5.41, 5.74) is -0.891. The van der Waals surface area contributed by atoms with Crippen molar-refractivity contribution in [1.82, 2.24) is 0 Å². The lowest BCUT2D eigenvalue weighted by Gasteiger charge is -2.69. The third kappa shape index (κ3) is 2.58. The molecule has 3 saturated carbocycles. The van der Waals surface area contributed by atoms with E-state index < -0.39 is 16.8 Å². The monoisotopic (exact) mass is 466 g/mol. The number of hydrogen-bond donors (Lipinski definition) is 1. The summed E-state index contributed by atoms with van der Waals surface area (Å²) in [6.45, 7) is 15.3. The molecule has 34 heavy (non-hydrogen) atoms. The predicted molar refractivity (Wildman–Crippen MR) is 132 cm³/mol. The van der Waals surface area contributed by atoms with E-state index in [9.17, 15) is 19.5 Å². The van der Waals surface area contributed by atoms with Gasteiger partial charge in [0.15, 0.2) is 5.78 Å². The molecule has 5 rings (SSSR count). The summed E-state index contributed by atoms with van der Waals surface area (Å²) in [5, 5.41) is 10.5. The molecule has 5 aliphatic carbocycles. The molecule has 0 aromatic carbocycles. The van der Waals surface area contributed by atoms with Gasteiger partial charge >= 0.3 is 5.97 Å². The van der Waals surface area contributed by atoms with Gasteiger partial charge in [0, 0.05) is 23.2 Å². The highest BCUT2D eigenvalue weighted by molar-refractivity contribution is 6.01. The lowest BCUT2D eigenvalue weighted by molar-refractivity contribution is -0.181. The van der Waals surface area contributed by atoms with Crippen molar-refractivity contribution in [3.63, 3.8) is 0 Å². The molecular weight excluding hydrogens is 424 g/mol. The van der Waals surface area contributed by atoms with Crippen LogP contribution in [-0.2, 0) is 14.4 Å². The van der Waals surface area contributed by atoms with Gasteiger partial charge in [-0.25, -0.2) is 0 Å². The first kappa shape index (κ1) is 24.0. The molecule has 0 saturated heterocycles. The molecule has 1 N–H and O–H groups in total. The van der Waals surface area contributed by atoms with Crippen LogP contribution in [0.25, 0.3) is 0 Å². The van der Waals surface area contributed by atoms with Gasteiger partial charge in [0.25, 0.3) is 0 Å². The Kier molecular flexibility index (Phi) is 4.90. The quantitative estimate of drug-likeness (QED) is 0.464. The Balaban J connectivity index is 1.68. The second-order valence-electron chi connectivity index (χ2n) is 13.9. The molecule has 9 atom stereocenters. The van der Waals surface area contributed by atoms with Gasteiger partial charge in [-0.3, -0.25) is 14.4 Å². The van der Waals surface area contributed by atoms with Crippen LogP contribution in [0.2, 0.25) is 0 Å². The molecule has 0 spiro atoms. The van der Waals surface area contributed by atoms with Crippen molar-refractivity contribution in [2.45, 2.75) is 87.0 Å². The minimum absolute atomic E-state index is 0.0332. The van der Waals surface area contributed by atoms with Crippen molar-refractivity contribution in [2.24, 2.45) is 56.7 Å². The van der Waals surface area contributed by atoms with E-state index in [1.54, 1.807) is 6.08 Å². The summed E-state index contributed by atoms with van der Waals surface area (Å²) in [5.74, 6) is 0.419. The van der Waals surface area contributed by atoms with E-state index in [0.717, 1.165) is 25.7 Å². The summed E-state index contributed by atoms with van der Waals surface area (Å²) < 4.78 is 0. The third-order valence-electron chi connectivity index (χ3n) is 12.3. The standard InChI is InChI=1S/C30H42O4/c1-17-10-13-30(25(33)34)15-14-28(6)19(23(30)18(17)2)8-9-21-27(5)12-11-22(32)26(3,4)24(27)20(31)16-29(21,28)7/h8,11-12,17-18,21,23-24H,9-10,13-16H2,1-7H3,(H,33,34)/t17-,18+,21-,23+,24+,27-,28-,29-,30+/m1/s1. The molecule has 3 fully saturated rings. The van der Waals surface area contributed by atoms with Crippen molar-refractivity contribution >= 4 is 17.5 Å². The van der Waals surface area contributed by atoms with Crippen LogP contribution in [0.3, 0.4) is 0 Å². The van der Waals surface area contributed by atoms with Gasteiger partial charge in [-0.2, -0.15) is 0 Å². The maximum Gasteiger partial charge on any atom is 0.310 e. The van der Waals surface area contributed by atoms with Crippen molar-refractivity contribution in [3.8, 4) is 0 Å². The smallest absolute Gasteiger partial charge is 0.310 e. The second kappa shape index (κ2) is 6.95. The number of hydrogen-bond acceptors (Lipinski definition) is 3. The van der Waals surface area contributed by atoms with Crippen LogP contribution in [0, 0.1) is 56.7 Å². The van der Waals surface area contributed by atoms with Crippen LogP contribution in [-0.4, -0.2) is 22.6 Å². The van der Waals surface area contributed by atoms with E-state index in [0.29, 0.717) is 24.7 Å². The Morgan fingerprint density at radius 3 is 2.35 bits per heavy atom. The molecule has 0 unspecified atom stereocenters. The predicted octanol–water partition coefficient (Wildman–Crippen LogP) is 6.25. The zero-order valence-electron chi connectivity index (χ0n) is 22.0. The van der Waals surface area contributed by atoms with E-state index in [1.807, 2.05) is 13.8 Å². The third-order valence-corrected chi connectivity index (χ3v) is 12.3. The molecule has 0 aromatic heterocycles. The Bertz CT molecular complexity index is 1030. The normalized spacial score (nSPS) is 51.5. The number of carboxylic acid groups (broad SMARTS) is 1. The van der Waals surface area contributed by atoms with Gasteiger partial charge in [-0.15, -0.1) is 0 Å². The van der Waals surface area contributed by atoms with Gasteiger partial charge in [0.1, 0.15) is 5.78 Å². The molecule has 0 heterocycles. The summed E-state index contributed by atoms with van der Waals surface area (Å²) in [4.78, 5) is 39.5. The molecule has 0 aliphatic heterocycles. The number of carboxylic acids is 1. The Morgan fingerprint density at radius 2 is 1.71 bits per heavy atom. The lowest BCUT2D eigenvalue weighted by atomic mass is 9.34. The van der Waals surface area contributed by atoms with E-state index in [2.05, 4.69) is 46.8 Å². The minimum Gasteiger partial charge on any atom is -0.481 e. The van der Waals surface area contributed by atoms with E-state index in [4.69, 9.17) is 0 Å². The highest BCUT2D eigenvalue weighted by Crippen LogP contribution is 2.74. The fourth-order valence-electron chi connectivity index (χ4n) is 10.0. The van der Waals surface area contributed by atoms with E-state index in [1.165, 1.54) is 5.57 Å². The van der Waals surface area contributed by atoms with Crippen molar-refractivity contribution in [3.05, 3.63) is 23.8 Å². The summed E-state index contributed by atoms with van der Waals surface area (Å²) in [6.07, 6.45) is 10.8. The van der Waals surface area contributed by atoms with Gasteiger partial charge in [0.2, 0.25) is 0 Å². The molecule has 5 aliphatic rings. The molecule has 4 heteroatoms. The average molecular weight is 467 g/mol. The topological polar surface area (TPSA) is 71.4 Å². The Labute approximate surface area is 204 Å². The summed E-state index contributed by atoms with van der Waals surface area (Å²) in [6, 6.07) is 0. The maximum absolute atomic E-state index is 13.9. The zero-order chi connectivity index (χ0) is 25.1. The van der Waals surface area contributed by atoms with E-state index in [-0.39, 0.29) is 45.6 Å². The summed E-state index contributed by atoms with van der Waals surface area (Å²) in [7, 11) is 0. The average Bonchev–Trinajstić information content (AvgIpc) is 2.73. The van der Waals surface area contributed by atoms with Crippen LogP contribution in [0.4, 0.5) is 0 Å². The molecule has 0 radical (unpaired) electrons. The fraction of sp³-hybridized carbons (Fsp3) is 0.767. The van der Waals surface area contributed by atoms with E-state index >= 15 is 0 Å². The molecule has 4 nitrogen and oxygen atoms in total. The Morgan fingerprint density at radius 1 is 1.03 bits per heavy atom. The zero-order valence-corrected chi connectivity index (χ0v) is 22.0. The van der Waals surface area contributed by atoms with Gasteiger partial charge in [-0.1, -0.05) is 66.2 Å². The summed E-state index contributed by atoms with van der Waals surface area (Å²) >= 11 is 0. The van der Waals surface area contributed by atoms with Crippen molar-refractivity contribution in [2.75, 3.05) is 0 Å². The van der Waals surface area contributed by atoms with Gasteiger partial charge in [0.05, 0.1) is 5.41 Å². The number of rotatable bonds is 1. The highest BCUT2D eigenvalue weighted by Gasteiger charge is 2.70. The van der Waals surface area contributed by atoms with Gasteiger partial charge in [-0.05, 0) is 72.7 Å². The number of carbonyl (C=O) groups is 3. The maximum atomic E-state index is 13.9. The molecule has 0 amide bonds. The molecule has 186 valence electrons. The molecule has 0 aromatic rings. The number of aliphatic carboxylic acids is 1. The minimum atomic E-state index is -0.689. The molecular formula is C30H42O4. The van der Waals surface area contributed by atoms with Crippen molar-refractivity contribution in [1.29, 1.82) is 0 Å². The first-order valence-electron chi connectivity index (χ1n) is 13.4. The van der Waals surface area contributed by atoms with Crippen LogP contribution in [0.1, 0.15) is 87.0 Å². The first-order chi connectivity index (χ1) is 15.7. The second-order valence-corrected chi connectivity index (χ2v) is 13.9. The van der Waals surface area contributed by atoms with Crippen LogP contribution in [0.5, 0.6) is 0 Å². The lowest BCUT2D eigenvalue weighted by Crippen LogP contribution is -2.66. The van der Waals surface area contributed by atoms with Crippen LogP contribution >= 0.6 is 0 Å². The largest absolute Gasteiger partial charge is 0.481 e. The highest BCUT2D eigenvalue weighted by atomic mass is 16.4. The fourth-order valence-corrected chi connectivity index (χ4v) is 10.0. The number of carbonyl (C=O) groups excluding carboxylic acids is 2. The number of ketones is 2. The number of Topliss-reactive ketones (excluding diaryl/α,β-unsaturated/α-hetero) is 1. The first-order valence-corrected chi connectivity index (χ1v) is 13.4. The SMILES string of the molecule is C[C@H]1[C@H](C)CC[C@]2(C(=O)O)CC[C@]3(C)C(=CC[C@@H]4[C@@]5(C)C=CC(=O)C(C)(C)[C@@H]5C(=O)C[C@]43C)[C@H]12. The van der Waals surface area contributed by atoms with Crippen LogP contribution < -0.4 is 0 Å². The van der Waals surface area contributed by atoms with Gasteiger partial charge < -0.3 is 5.11 Å².